The number of carbonyl (C=O) groups excluding carboxylic acids is 2. The van der Waals surface area contributed by atoms with Gasteiger partial charge in [-0.25, -0.2) is 4.79 Å². The number of benzene rings is 2. The van der Waals surface area contributed by atoms with Gasteiger partial charge in [0.05, 0.1) is 0 Å². The molecule has 0 aliphatic carbocycles. The largest absolute Gasteiger partial charge is 0.444 e. The van der Waals surface area contributed by atoms with Crippen LogP contribution in [0.3, 0.4) is 0 Å². The minimum Gasteiger partial charge on any atom is -0.444 e. The Morgan fingerprint density at radius 3 is 2.14 bits per heavy atom. The third-order valence-corrected chi connectivity index (χ3v) is 4.26. The van der Waals surface area contributed by atoms with E-state index < -0.39 is 11.7 Å². The van der Waals surface area contributed by atoms with E-state index in [-0.39, 0.29) is 24.7 Å². The zero-order valence-electron chi connectivity index (χ0n) is 16.9. The van der Waals surface area contributed by atoms with Crippen molar-refractivity contribution in [3.63, 3.8) is 0 Å². The van der Waals surface area contributed by atoms with E-state index in [0.29, 0.717) is 6.42 Å². The van der Waals surface area contributed by atoms with Crippen LogP contribution in [0.15, 0.2) is 67.2 Å². The van der Waals surface area contributed by atoms with Gasteiger partial charge in [-0.1, -0.05) is 67.2 Å². The van der Waals surface area contributed by atoms with Crippen LogP contribution in [0.5, 0.6) is 0 Å². The molecule has 0 fully saturated rings. The summed E-state index contributed by atoms with van der Waals surface area (Å²) in [5.41, 5.74) is 2.35. The lowest BCUT2D eigenvalue weighted by molar-refractivity contribution is -0.120. The molecule has 0 spiro atoms. The van der Waals surface area contributed by atoms with E-state index in [2.05, 4.69) is 11.9 Å². The highest BCUT2D eigenvalue weighted by atomic mass is 16.6. The van der Waals surface area contributed by atoms with Crippen molar-refractivity contribution in [2.45, 2.75) is 45.1 Å². The van der Waals surface area contributed by atoms with Gasteiger partial charge in [0.15, 0.2) is 0 Å². The van der Waals surface area contributed by atoms with Gasteiger partial charge in [0.2, 0.25) is 0 Å². The van der Waals surface area contributed by atoms with Crippen molar-refractivity contribution in [2.24, 2.45) is 0 Å². The normalized spacial score (nSPS) is 12.1. The van der Waals surface area contributed by atoms with Gasteiger partial charge in [0, 0.05) is 18.9 Å². The maximum Gasteiger partial charge on any atom is 0.407 e. The first-order valence-corrected chi connectivity index (χ1v) is 9.54. The zero-order chi connectivity index (χ0) is 20.6. The summed E-state index contributed by atoms with van der Waals surface area (Å²) in [5, 5.41) is 2.66. The predicted molar refractivity (Wildman–Crippen MR) is 113 cm³/mol. The van der Waals surface area contributed by atoms with Crippen LogP contribution in [0, 0.1) is 0 Å². The lowest BCUT2D eigenvalue weighted by Crippen LogP contribution is -2.34. The summed E-state index contributed by atoms with van der Waals surface area (Å²) in [7, 11) is 0. The molecule has 0 aliphatic rings. The average Bonchev–Trinajstić information content (AvgIpc) is 2.65. The molecular formula is C24H29NO3. The fourth-order valence-corrected chi connectivity index (χ4v) is 2.92. The highest BCUT2D eigenvalue weighted by molar-refractivity contribution is 5.88. The van der Waals surface area contributed by atoms with Gasteiger partial charge in [-0.3, -0.25) is 4.79 Å². The third kappa shape index (κ3) is 7.03. The van der Waals surface area contributed by atoms with Crippen LogP contribution in [0.1, 0.15) is 50.7 Å². The Bertz CT molecular complexity index is 792. The number of amides is 1. The van der Waals surface area contributed by atoms with E-state index in [0.717, 1.165) is 16.7 Å². The topological polar surface area (TPSA) is 55.4 Å². The van der Waals surface area contributed by atoms with Gasteiger partial charge in [0.1, 0.15) is 11.4 Å². The second-order valence-corrected chi connectivity index (χ2v) is 7.78. The summed E-state index contributed by atoms with van der Waals surface area (Å²) in [6, 6.07) is 19.6. The van der Waals surface area contributed by atoms with Crippen molar-refractivity contribution in [2.75, 3.05) is 6.54 Å². The van der Waals surface area contributed by atoms with Crippen LogP contribution >= 0.6 is 0 Å². The Hall–Kier alpha value is -2.88. The molecule has 1 amide bonds. The Balaban J connectivity index is 2.02. The van der Waals surface area contributed by atoms with Crippen LogP contribution in [0.2, 0.25) is 0 Å². The van der Waals surface area contributed by atoms with Crippen LogP contribution < -0.4 is 5.32 Å². The third-order valence-electron chi connectivity index (χ3n) is 4.26. The molecule has 0 heterocycles. The molecule has 0 saturated heterocycles. The number of hydrogen-bond acceptors (Lipinski definition) is 3. The monoisotopic (exact) mass is 379 g/mol. The Morgan fingerprint density at radius 1 is 1.00 bits per heavy atom. The van der Waals surface area contributed by atoms with E-state index in [1.807, 2.05) is 60.7 Å². The quantitative estimate of drug-likeness (QED) is 0.672. The molecule has 0 radical (unpaired) electrons. The molecule has 4 heteroatoms. The maximum absolute atomic E-state index is 12.9. The summed E-state index contributed by atoms with van der Waals surface area (Å²) in [6.45, 7) is 9.84. The van der Waals surface area contributed by atoms with Crippen LogP contribution in [0.25, 0.3) is 5.57 Å². The zero-order valence-corrected chi connectivity index (χ0v) is 16.9. The first-order chi connectivity index (χ1) is 13.3. The van der Waals surface area contributed by atoms with Crippen LogP contribution in [0.4, 0.5) is 4.79 Å². The SMILES string of the molecule is C=C(CC(C(=O)CCNC(=O)OC(C)(C)C)c1ccccc1)c1ccccc1. The minimum absolute atomic E-state index is 0.0688. The summed E-state index contributed by atoms with van der Waals surface area (Å²) in [6.07, 6.45) is 0.269. The molecule has 28 heavy (non-hydrogen) atoms. The van der Waals surface area contributed by atoms with Gasteiger partial charge in [-0.15, -0.1) is 0 Å². The Kier molecular flexibility index (Phi) is 7.56. The molecule has 1 atom stereocenters. The summed E-state index contributed by atoms with van der Waals surface area (Å²) >= 11 is 0. The molecule has 148 valence electrons. The molecular weight excluding hydrogens is 350 g/mol. The van der Waals surface area contributed by atoms with Crippen molar-refractivity contribution >= 4 is 17.4 Å². The fourth-order valence-electron chi connectivity index (χ4n) is 2.92. The van der Waals surface area contributed by atoms with Crippen LogP contribution in [-0.2, 0) is 9.53 Å². The van der Waals surface area contributed by atoms with E-state index >= 15 is 0 Å². The van der Waals surface area contributed by atoms with Gasteiger partial charge in [-0.2, -0.15) is 0 Å². The second kappa shape index (κ2) is 9.88. The van der Waals surface area contributed by atoms with E-state index in [1.54, 1.807) is 20.8 Å². The van der Waals surface area contributed by atoms with Gasteiger partial charge in [0.25, 0.3) is 0 Å². The number of Topliss-reactive ketones (excluding diaryl/α,β-unsaturated/α-hetero) is 1. The highest BCUT2D eigenvalue weighted by Crippen LogP contribution is 2.29. The molecule has 2 aromatic rings. The Labute approximate surface area is 167 Å². The number of allylic oxidation sites excluding steroid dienone is 1. The van der Waals surface area contributed by atoms with Gasteiger partial charge < -0.3 is 10.1 Å². The highest BCUT2D eigenvalue weighted by Gasteiger charge is 2.22. The summed E-state index contributed by atoms with van der Waals surface area (Å²) in [5.74, 6) is -0.228. The summed E-state index contributed by atoms with van der Waals surface area (Å²) in [4.78, 5) is 24.7. The van der Waals surface area contributed by atoms with Crippen molar-refractivity contribution < 1.29 is 14.3 Å². The molecule has 0 bridgehead atoms. The first-order valence-electron chi connectivity index (χ1n) is 9.54. The molecule has 2 rings (SSSR count). The average molecular weight is 380 g/mol. The number of ether oxygens (including phenoxy) is 1. The number of nitrogens with one attached hydrogen (secondary N) is 1. The standard InChI is InChI=1S/C24H29NO3/c1-18(19-11-7-5-8-12-19)17-21(20-13-9-6-10-14-20)22(26)15-16-25-23(27)28-24(2,3)4/h5-14,21H,1,15-17H2,2-4H3,(H,25,27). The number of hydrogen-bond donors (Lipinski definition) is 1. The van der Waals surface area contributed by atoms with Crippen molar-refractivity contribution in [3.05, 3.63) is 78.4 Å². The van der Waals surface area contributed by atoms with Crippen LogP contribution in [-0.4, -0.2) is 24.0 Å². The van der Waals surface area contributed by atoms with Crippen molar-refractivity contribution in [1.29, 1.82) is 0 Å². The van der Waals surface area contributed by atoms with Gasteiger partial charge in [-0.05, 0) is 43.9 Å². The van der Waals surface area contributed by atoms with Crippen molar-refractivity contribution in [3.8, 4) is 0 Å². The molecule has 1 unspecified atom stereocenters. The fraction of sp³-hybridized carbons (Fsp3) is 0.333. The number of rotatable bonds is 8. The molecule has 0 saturated carbocycles. The number of ketones is 1. The van der Waals surface area contributed by atoms with E-state index in [1.165, 1.54) is 0 Å². The molecule has 0 aliphatic heterocycles. The number of alkyl carbamates (subject to hydrolysis) is 1. The van der Waals surface area contributed by atoms with E-state index in [9.17, 15) is 9.59 Å². The Morgan fingerprint density at radius 2 is 1.57 bits per heavy atom. The minimum atomic E-state index is -0.561. The smallest absolute Gasteiger partial charge is 0.407 e. The maximum atomic E-state index is 12.9. The van der Waals surface area contributed by atoms with Gasteiger partial charge >= 0.3 is 6.09 Å². The number of carbonyl (C=O) groups is 2. The molecule has 1 N–H and O–H groups in total. The van der Waals surface area contributed by atoms with Crippen molar-refractivity contribution in [1.82, 2.24) is 5.32 Å². The first kappa shape index (κ1) is 21.4. The predicted octanol–water partition coefficient (Wildman–Crippen LogP) is 5.36. The summed E-state index contributed by atoms with van der Waals surface area (Å²) < 4.78 is 5.21. The van der Waals surface area contributed by atoms with E-state index in [4.69, 9.17) is 4.74 Å². The lowest BCUT2D eigenvalue weighted by Gasteiger charge is -2.20. The second-order valence-electron chi connectivity index (χ2n) is 7.78. The molecule has 4 nitrogen and oxygen atoms in total. The lowest BCUT2D eigenvalue weighted by atomic mass is 9.85. The molecule has 0 aromatic heterocycles. The molecule has 2 aromatic carbocycles.